The van der Waals surface area contributed by atoms with Crippen molar-refractivity contribution >= 4 is 31.1 Å². The van der Waals surface area contributed by atoms with Gasteiger partial charge in [-0.3, -0.25) is 0 Å². The zero-order valence-electron chi connectivity index (χ0n) is 24.1. The standard InChI is InChI=1S/C14H32OP.C12H27P.C2H5BrO.BrH/c1-4-7-11-16(14-10-15,12-8-5-2)13-9-6-3;1-4-7-10-13(11-8-5-2)12-9-6-3;3-1-2-4;/h15H,4-14H2,1-3H3;4-12H2,1-3H3;4H,1-2H2;1H/q+1;;;/p-1. The Morgan fingerprint density at radius 2 is 0.824 bits per heavy atom. The van der Waals surface area contributed by atoms with Crippen molar-refractivity contribution in [3.05, 3.63) is 0 Å². The third-order valence-corrected chi connectivity index (χ3v) is 14.2. The van der Waals surface area contributed by atoms with E-state index in [0.29, 0.717) is 19.9 Å². The van der Waals surface area contributed by atoms with Crippen molar-refractivity contribution < 1.29 is 27.2 Å². The van der Waals surface area contributed by atoms with Crippen molar-refractivity contribution in [2.24, 2.45) is 0 Å². The molecule has 0 aromatic carbocycles. The Bertz CT molecular complexity index is 295. The van der Waals surface area contributed by atoms with Crippen LogP contribution in [0.25, 0.3) is 0 Å². The van der Waals surface area contributed by atoms with Crippen molar-refractivity contribution in [1.29, 1.82) is 0 Å². The second kappa shape index (κ2) is 36.9. The summed E-state index contributed by atoms with van der Waals surface area (Å²) >= 11 is 3.00. The van der Waals surface area contributed by atoms with E-state index in [1.54, 1.807) is 18.5 Å². The summed E-state index contributed by atoms with van der Waals surface area (Å²) < 4.78 is 0. The molecule has 0 unspecified atom stereocenters. The highest BCUT2D eigenvalue weighted by molar-refractivity contribution is 9.09. The van der Waals surface area contributed by atoms with E-state index >= 15 is 0 Å². The maximum Gasteiger partial charge on any atom is 0.0825 e. The fourth-order valence-electron chi connectivity index (χ4n) is 3.84. The van der Waals surface area contributed by atoms with Gasteiger partial charge in [-0.2, -0.15) is 0 Å². The van der Waals surface area contributed by atoms with E-state index in [9.17, 15) is 5.11 Å². The molecule has 0 aliphatic carbocycles. The van der Waals surface area contributed by atoms with Crippen LogP contribution in [0.2, 0.25) is 0 Å². The molecule has 2 nitrogen and oxygen atoms in total. The number of hydrogen-bond acceptors (Lipinski definition) is 2. The lowest BCUT2D eigenvalue weighted by Gasteiger charge is -2.27. The first kappa shape index (κ1) is 42.8. The van der Waals surface area contributed by atoms with Crippen LogP contribution < -0.4 is 17.0 Å². The van der Waals surface area contributed by atoms with E-state index in [2.05, 4.69) is 57.5 Å². The number of halogens is 2. The molecule has 0 saturated carbocycles. The number of aliphatic hydroxyl groups is 2. The monoisotopic (exact) mass is 652 g/mol. The average molecular weight is 655 g/mol. The fraction of sp³-hybridized carbons (Fsp3) is 1.00. The van der Waals surface area contributed by atoms with Gasteiger partial charge in [0.15, 0.2) is 0 Å². The van der Waals surface area contributed by atoms with Crippen LogP contribution in [0, 0.1) is 0 Å². The average Bonchev–Trinajstić information content (AvgIpc) is 2.85. The normalized spacial score (nSPS) is 10.8. The number of rotatable bonds is 21. The maximum absolute atomic E-state index is 9.33. The van der Waals surface area contributed by atoms with E-state index in [4.69, 9.17) is 5.11 Å². The van der Waals surface area contributed by atoms with Crippen LogP contribution in [0.4, 0.5) is 0 Å². The van der Waals surface area contributed by atoms with E-state index in [1.807, 2.05) is 0 Å². The summed E-state index contributed by atoms with van der Waals surface area (Å²) in [7, 11) is -0.374. The summed E-state index contributed by atoms with van der Waals surface area (Å²) in [6, 6.07) is 0. The summed E-state index contributed by atoms with van der Waals surface area (Å²) in [5.41, 5.74) is 0. The third kappa shape index (κ3) is 31.8. The van der Waals surface area contributed by atoms with Crippen LogP contribution in [0.5, 0.6) is 0 Å². The largest absolute Gasteiger partial charge is 1.00 e. The summed E-state index contributed by atoms with van der Waals surface area (Å²) in [5.74, 6) is 0. The molecule has 0 amide bonds. The molecule has 0 rings (SSSR count). The second-order valence-electron chi connectivity index (χ2n) is 9.34. The predicted octanol–water partition coefficient (Wildman–Crippen LogP) is 6.64. The van der Waals surface area contributed by atoms with Gasteiger partial charge in [-0.15, -0.1) is 7.92 Å². The number of alkyl halides is 1. The molecule has 0 aliphatic rings. The summed E-state index contributed by atoms with van der Waals surface area (Å²) in [5, 5.41) is 17.8. The highest BCUT2D eigenvalue weighted by Crippen LogP contribution is 2.60. The molecule has 6 heteroatoms. The Balaban J connectivity index is -0.000000226. The van der Waals surface area contributed by atoms with Crippen LogP contribution in [0.1, 0.15) is 119 Å². The lowest BCUT2D eigenvalue weighted by molar-refractivity contribution is -0.00000974. The van der Waals surface area contributed by atoms with Crippen LogP contribution in [-0.2, 0) is 0 Å². The van der Waals surface area contributed by atoms with E-state index < -0.39 is 7.26 Å². The highest BCUT2D eigenvalue weighted by atomic mass is 79.9. The van der Waals surface area contributed by atoms with E-state index in [1.165, 1.54) is 95.5 Å². The second-order valence-corrected chi connectivity index (χ2v) is 17.3. The van der Waals surface area contributed by atoms with Crippen LogP contribution in [0.3, 0.4) is 0 Å². The van der Waals surface area contributed by atoms with E-state index in [0.717, 1.165) is 6.16 Å². The Labute approximate surface area is 237 Å². The van der Waals surface area contributed by atoms with Gasteiger partial charge >= 0.3 is 0 Å². The van der Waals surface area contributed by atoms with Gasteiger partial charge < -0.3 is 27.2 Å². The lowest BCUT2D eigenvalue weighted by atomic mass is 10.4. The lowest BCUT2D eigenvalue weighted by Crippen LogP contribution is -3.00. The first-order valence-electron chi connectivity index (χ1n) is 14.4. The molecule has 0 aromatic heterocycles. The summed E-state index contributed by atoms with van der Waals surface area (Å²) in [6.45, 7) is 14.5. The van der Waals surface area contributed by atoms with Crippen LogP contribution in [-0.4, -0.2) is 71.9 Å². The molecule has 0 radical (unpaired) electrons. The molecule has 34 heavy (non-hydrogen) atoms. The van der Waals surface area contributed by atoms with Crippen LogP contribution in [0.15, 0.2) is 0 Å². The zero-order valence-corrected chi connectivity index (χ0v) is 29.1. The zero-order chi connectivity index (χ0) is 25.6. The van der Waals surface area contributed by atoms with Crippen molar-refractivity contribution in [1.82, 2.24) is 0 Å². The molecule has 0 spiro atoms. The van der Waals surface area contributed by atoms with Gasteiger partial charge in [0, 0.05) is 12.6 Å². The fourth-order valence-corrected chi connectivity index (χ4v) is 11.5. The molecule has 0 heterocycles. The minimum absolute atomic E-state index is 0. The minimum Gasteiger partial charge on any atom is -1.00 e. The van der Waals surface area contributed by atoms with Gasteiger partial charge in [-0.25, -0.2) is 0 Å². The smallest absolute Gasteiger partial charge is 0.0825 e. The van der Waals surface area contributed by atoms with Crippen LogP contribution >= 0.6 is 31.1 Å². The van der Waals surface area contributed by atoms with Crippen molar-refractivity contribution in [3.8, 4) is 0 Å². The Morgan fingerprint density at radius 1 is 0.529 bits per heavy atom. The van der Waals surface area contributed by atoms with E-state index in [-0.39, 0.29) is 23.6 Å². The predicted molar refractivity (Wildman–Crippen MR) is 165 cm³/mol. The topological polar surface area (TPSA) is 40.5 Å². The van der Waals surface area contributed by atoms with Crippen molar-refractivity contribution in [2.45, 2.75) is 119 Å². The molecular formula is C28H64Br2O2P2. The molecule has 212 valence electrons. The molecular weight excluding hydrogens is 590 g/mol. The quantitative estimate of drug-likeness (QED) is 0.108. The Morgan fingerprint density at radius 3 is 1.03 bits per heavy atom. The van der Waals surface area contributed by atoms with Gasteiger partial charge in [0.25, 0.3) is 0 Å². The molecule has 0 saturated heterocycles. The Kier molecular flexibility index (Phi) is 46.5. The van der Waals surface area contributed by atoms with Crippen molar-refractivity contribution in [3.63, 3.8) is 0 Å². The van der Waals surface area contributed by atoms with Gasteiger partial charge in [0.05, 0.1) is 37.9 Å². The number of aliphatic hydroxyl groups excluding tert-OH is 2. The number of hydrogen-bond donors (Lipinski definition) is 2. The first-order chi connectivity index (χ1) is 16.0. The molecule has 2 N–H and O–H groups in total. The molecule has 0 atom stereocenters. The van der Waals surface area contributed by atoms with Crippen molar-refractivity contribution in [2.75, 3.05) is 61.7 Å². The molecule has 0 aliphatic heterocycles. The number of unbranched alkanes of at least 4 members (excludes halogenated alkanes) is 6. The summed E-state index contributed by atoms with van der Waals surface area (Å²) in [4.78, 5) is 0. The first-order valence-corrected chi connectivity index (χ1v) is 19.9. The van der Waals surface area contributed by atoms with Gasteiger partial charge in [-0.1, -0.05) is 96.0 Å². The minimum atomic E-state index is -0.796. The molecule has 0 aromatic rings. The molecule has 0 fully saturated rings. The highest BCUT2D eigenvalue weighted by Gasteiger charge is 2.34. The van der Waals surface area contributed by atoms with Gasteiger partial charge in [0.1, 0.15) is 0 Å². The Hall–Kier alpha value is 1.74. The SMILES string of the molecule is CCCCP(CCCC)CCCC.CCCC[P+](CCO)(CCCC)CCCC.OCCBr.[Br-]. The molecule has 0 bridgehead atoms. The van der Waals surface area contributed by atoms with Gasteiger partial charge in [-0.05, 0) is 57.0 Å². The van der Waals surface area contributed by atoms with Gasteiger partial charge in [0.2, 0.25) is 0 Å². The summed E-state index contributed by atoms with van der Waals surface area (Å²) in [6.07, 6.45) is 26.7. The maximum atomic E-state index is 9.33. The third-order valence-electron chi connectivity index (χ3n) is 6.10.